The molecule has 3 rings (SSSR count). The van der Waals surface area contributed by atoms with E-state index in [2.05, 4.69) is 15.5 Å². The summed E-state index contributed by atoms with van der Waals surface area (Å²) in [4.78, 5) is 36.4. The number of amides is 1. The number of nitrogens with one attached hydrogen (secondary N) is 1. The third-order valence-electron chi connectivity index (χ3n) is 5.02. The van der Waals surface area contributed by atoms with Crippen molar-refractivity contribution in [3.8, 4) is 5.75 Å². The molecule has 0 aliphatic rings. The van der Waals surface area contributed by atoms with Gasteiger partial charge in [-0.25, -0.2) is 9.59 Å². The average Bonchev–Trinajstić information content (AvgIpc) is 3.23. The van der Waals surface area contributed by atoms with Crippen molar-refractivity contribution in [3.05, 3.63) is 65.0 Å². The van der Waals surface area contributed by atoms with Crippen LogP contribution in [0.25, 0.3) is 0 Å². The number of esters is 2. The first-order valence-electron chi connectivity index (χ1n) is 10.6. The molecule has 0 aliphatic carbocycles. The van der Waals surface area contributed by atoms with Crippen LogP contribution in [-0.2, 0) is 21.3 Å². The van der Waals surface area contributed by atoms with E-state index >= 15 is 0 Å². The van der Waals surface area contributed by atoms with Gasteiger partial charge in [-0.05, 0) is 43.7 Å². The maximum Gasteiger partial charge on any atom is 0.337 e. The van der Waals surface area contributed by atoms with Gasteiger partial charge in [-0.3, -0.25) is 4.79 Å². The number of methoxy groups -OCH3 is 2. The molecule has 3 aromatic rings. The van der Waals surface area contributed by atoms with Gasteiger partial charge in [0.25, 0.3) is 0 Å². The molecule has 0 spiro atoms. The molecule has 11 heteroatoms. The zero-order valence-electron chi connectivity index (χ0n) is 20.0. The summed E-state index contributed by atoms with van der Waals surface area (Å²) >= 11 is 1.19. The lowest BCUT2D eigenvalue weighted by Crippen LogP contribution is -2.16. The Balaban J connectivity index is 1.66. The second-order valence-electron chi connectivity index (χ2n) is 7.54. The number of anilines is 1. The van der Waals surface area contributed by atoms with Gasteiger partial charge in [0.05, 0.1) is 31.1 Å². The minimum atomic E-state index is -0.644. The molecule has 35 heavy (non-hydrogen) atoms. The molecule has 1 N–H and O–H groups in total. The molecule has 10 nitrogen and oxygen atoms in total. The van der Waals surface area contributed by atoms with E-state index in [4.69, 9.17) is 14.2 Å². The highest BCUT2D eigenvalue weighted by atomic mass is 32.2. The van der Waals surface area contributed by atoms with Crippen LogP contribution in [-0.4, -0.2) is 52.6 Å². The summed E-state index contributed by atoms with van der Waals surface area (Å²) in [6.07, 6.45) is -0.352. The van der Waals surface area contributed by atoms with Crippen LogP contribution in [0.15, 0.2) is 47.6 Å². The Morgan fingerprint density at radius 1 is 1.03 bits per heavy atom. The highest BCUT2D eigenvalue weighted by Crippen LogP contribution is 2.26. The number of hydrogen-bond donors (Lipinski definition) is 1. The van der Waals surface area contributed by atoms with Gasteiger partial charge < -0.3 is 24.1 Å². The van der Waals surface area contributed by atoms with Crippen LogP contribution in [0, 0.1) is 6.92 Å². The van der Waals surface area contributed by atoms with Gasteiger partial charge in [0.1, 0.15) is 5.75 Å². The van der Waals surface area contributed by atoms with Crippen LogP contribution in [0.5, 0.6) is 5.75 Å². The molecule has 0 saturated heterocycles. The third-order valence-corrected chi connectivity index (χ3v) is 6.04. The number of nitrogens with zero attached hydrogens (tertiary/aromatic N) is 3. The van der Waals surface area contributed by atoms with Crippen LogP contribution in [0.4, 0.5) is 5.69 Å². The van der Waals surface area contributed by atoms with Crippen molar-refractivity contribution in [2.75, 3.05) is 25.3 Å². The van der Waals surface area contributed by atoms with E-state index in [0.29, 0.717) is 11.0 Å². The number of aromatic nitrogens is 3. The molecule has 0 saturated carbocycles. The second kappa shape index (κ2) is 11.5. The van der Waals surface area contributed by atoms with Crippen molar-refractivity contribution in [2.24, 2.45) is 7.05 Å². The number of aryl methyl sites for hydroxylation is 1. The molecular weight excluding hydrogens is 472 g/mol. The number of hydrogen-bond acceptors (Lipinski definition) is 9. The summed E-state index contributed by atoms with van der Waals surface area (Å²) in [5, 5.41) is 11.6. The molecule has 1 atom stereocenters. The van der Waals surface area contributed by atoms with Crippen LogP contribution in [0.2, 0.25) is 0 Å². The fourth-order valence-corrected chi connectivity index (χ4v) is 3.95. The minimum Gasteiger partial charge on any atom is -0.482 e. The van der Waals surface area contributed by atoms with E-state index in [1.165, 1.54) is 44.2 Å². The quantitative estimate of drug-likeness (QED) is 0.348. The first-order valence-corrected chi connectivity index (χ1v) is 11.6. The number of rotatable bonds is 9. The van der Waals surface area contributed by atoms with Crippen molar-refractivity contribution in [3.63, 3.8) is 0 Å². The van der Waals surface area contributed by atoms with Gasteiger partial charge in [0, 0.05) is 12.7 Å². The normalized spacial score (nSPS) is 11.5. The van der Waals surface area contributed by atoms with Crippen molar-refractivity contribution in [2.45, 2.75) is 25.1 Å². The number of benzene rings is 2. The third kappa shape index (κ3) is 6.38. The number of para-hydroxylation sites is 1. The lowest BCUT2D eigenvalue weighted by molar-refractivity contribution is -0.113. The maximum absolute atomic E-state index is 12.6. The second-order valence-corrected chi connectivity index (χ2v) is 8.49. The van der Waals surface area contributed by atoms with E-state index in [1.807, 2.05) is 38.1 Å². The van der Waals surface area contributed by atoms with Crippen molar-refractivity contribution in [1.29, 1.82) is 0 Å². The standard InChI is InChI=1S/C24H26N4O6S/c1-14-8-6-7-9-19(14)34-15(2)21-26-27-24(28(21)3)35-13-20(29)25-18-11-16(22(30)32-4)10-17(12-18)23(31)33-5/h6-12,15H,13H2,1-5H3,(H,25,29). The Morgan fingerprint density at radius 2 is 1.66 bits per heavy atom. The molecule has 0 fully saturated rings. The molecular formula is C24H26N4O6S. The van der Waals surface area contributed by atoms with Crippen LogP contribution < -0.4 is 10.1 Å². The van der Waals surface area contributed by atoms with Crippen molar-refractivity contribution < 1.29 is 28.6 Å². The molecule has 1 aromatic heterocycles. The fraction of sp³-hybridized carbons (Fsp3) is 0.292. The molecule has 0 aliphatic heterocycles. The molecule has 184 valence electrons. The number of carbonyl (C=O) groups is 3. The smallest absolute Gasteiger partial charge is 0.337 e. The molecule has 2 aromatic carbocycles. The zero-order valence-corrected chi connectivity index (χ0v) is 20.8. The predicted octanol–water partition coefficient (Wildman–Crippen LogP) is 3.57. The Kier molecular flexibility index (Phi) is 8.48. The SMILES string of the molecule is COC(=O)c1cc(NC(=O)CSc2nnc(C(C)Oc3ccccc3C)n2C)cc(C(=O)OC)c1. The summed E-state index contributed by atoms with van der Waals surface area (Å²) in [7, 11) is 4.25. The Hall–Kier alpha value is -3.86. The van der Waals surface area contributed by atoms with Crippen LogP contribution in [0.3, 0.4) is 0 Å². The van der Waals surface area contributed by atoms with E-state index in [9.17, 15) is 14.4 Å². The zero-order chi connectivity index (χ0) is 25.5. The molecule has 0 radical (unpaired) electrons. The highest BCUT2D eigenvalue weighted by Gasteiger charge is 2.19. The summed E-state index contributed by atoms with van der Waals surface area (Å²) in [5.74, 6) is -0.249. The van der Waals surface area contributed by atoms with Gasteiger partial charge in [-0.15, -0.1) is 10.2 Å². The Morgan fingerprint density at radius 3 is 2.26 bits per heavy atom. The Labute approximate surface area is 207 Å². The predicted molar refractivity (Wildman–Crippen MR) is 130 cm³/mol. The summed E-state index contributed by atoms with van der Waals surface area (Å²) in [5.41, 5.74) is 1.50. The van der Waals surface area contributed by atoms with Gasteiger partial charge in [-0.2, -0.15) is 0 Å². The first kappa shape index (κ1) is 25.8. The largest absolute Gasteiger partial charge is 0.482 e. The van der Waals surface area contributed by atoms with E-state index in [-0.39, 0.29) is 34.6 Å². The van der Waals surface area contributed by atoms with Crippen molar-refractivity contribution in [1.82, 2.24) is 14.8 Å². The van der Waals surface area contributed by atoms with Gasteiger partial charge in [0.15, 0.2) is 17.1 Å². The van der Waals surface area contributed by atoms with Gasteiger partial charge in [0.2, 0.25) is 5.91 Å². The van der Waals surface area contributed by atoms with Crippen molar-refractivity contribution >= 4 is 35.3 Å². The van der Waals surface area contributed by atoms with Crippen LogP contribution in [0.1, 0.15) is 45.1 Å². The topological polar surface area (TPSA) is 122 Å². The lowest BCUT2D eigenvalue weighted by Gasteiger charge is -2.15. The molecule has 1 amide bonds. The molecule has 1 unspecified atom stereocenters. The summed E-state index contributed by atoms with van der Waals surface area (Å²) in [6.45, 7) is 3.85. The maximum atomic E-state index is 12.6. The Bertz CT molecular complexity index is 1210. The lowest BCUT2D eigenvalue weighted by atomic mass is 10.1. The van der Waals surface area contributed by atoms with E-state index in [0.717, 1.165) is 11.3 Å². The highest BCUT2D eigenvalue weighted by molar-refractivity contribution is 7.99. The average molecular weight is 499 g/mol. The summed E-state index contributed by atoms with van der Waals surface area (Å²) < 4.78 is 17.2. The van der Waals surface area contributed by atoms with Gasteiger partial charge >= 0.3 is 11.9 Å². The van der Waals surface area contributed by atoms with E-state index in [1.54, 1.807) is 11.6 Å². The van der Waals surface area contributed by atoms with E-state index < -0.39 is 11.9 Å². The van der Waals surface area contributed by atoms with Crippen LogP contribution >= 0.6 is 11.8 Å². The number of carbonyl (C=O) groups excluding carboxylic acids is 3. The molecule has 1 heterocycles. The number of thioether (sulfide) groups is 1. The van der Waals surface area contributed by atoms with Gasteiger partial charge in [-0.1, -0.05) is 30.0 Å². The monoisotopic (exact) mass is 498 g/mol. The first-order chi connectivity index (χ1) is 16.7. The number of ether oxygens (including phenoxy) is 3. The molecule has 0 bridgehead atoms. The summed E-state index contributed by atoms with van der Waals surface area (Å²) in [6, 6.07) is 11.9. The minimum absolute atomic E-state index is 0.0228. The fourth-order valence-electron chi connectivity index (χ4n) is 3.24.